The standard InChI is InChI=1S/C20H16O/c21-20(18-9-2-1-3-10-18)15-7-13-17-12-6-11-16-8-4-5-14-19(16)17/h1-6,8-12,14,20-21H,13H2. The summed E-state index contributed by atoms with van der Waals surface area (Å²) in [7, 11) is 0. The van der Waals surface area contributed by atoms with E-state index in [1.54, 1.807) is 0 Å². The first-order valence-electron chi connectivity index (χ1n) is 7.02. The van der Waals surface area contributed by atoms with Crippen molar-refractivity contribution in [1.29, 1.82) is 0 Å². The van der Waals surface area contributed by atoms with Gasteiger partial charge in [-0.1, -0.05) is 84.6 Å². The van der Waals surface area contributed by atoms with E-state index < -0.39 is 6.10 Å². The molecule has 0 heterocycles. The predicted octanol–water partition coefficient (Wildman–Crippen LogP) is 4.12. The highest BCUT2D eigenvalue weighted by Gasteiger charge is 2.02. The Bertz CT molecular complexity index is 789. The van der Waals surface area contributed by atoms with Crippen LogP contribution >= 0.6 is 0 Å². The van der Waals surface area contributed by atoms with Crippen LogP contribution in [0.1, 0.15) is 17.2 Å². The molecule has 0 aromatic heterocycles. The van der Waals surface area contributed by atoms with Crippen molar-refractivity contribution in [3.05, 3.63) is 83.9 Å². The largest absolute Gasteiger partial charge is 0.376 e. The molecule has 1 N–H and O–H groups in total. The Balaban J connectivity index is 1.80. The van der Waals surface area contributed by atoms with Gasteiger partial charge in [0.2, 0.25) is 0 Å². The van der Waals surface area contributed by atoms with E-state index in [4.69, 9.17) is 0 Å². The molecule has 3 aromatic rings. The molecule has 0 aliphatic carbocycles. The topological polar surface area (TPSA) is 20.2 Å². The highest BCUT2D eigenvalue weighted by Crippen LogP contribution is 2.18. The van der Waals surface area contributed by atoms with Crippen molar-refractivity contribution in [2.45, 2.75) is 12.5 Å². The maximum absolute atomic E-state index is 10.0. The Morgan fingerprint density at radius 3 is 2.38 bits per heavy atom. The summed E-state index contributed by atoms with van der Waals surface area (Å²) in [4.78, 5) is 0. The molecule has 0 saturated heterocycles. The lowest BCUT2D eigenvalue weighted by Crippen LogP contribution is -1.93. The van der Waals surface area contributed by atoms with Gasteiger partial charge in [0.1, 0.15) is 6.10 Å². The Hall–Kier alpha value is -2.56. The summed E-state index contributed by atoms with van der Waals surface area (Å²) >= 11 is 0. The van der Waals surface area contributed by atoms with E-state index in [1.165, 1.54) is 16.3 Å². The molecule has 1 unspecified atom stereocenters. The zero-order chi connectivity index (χ0) is 14.5. The van der Waals surface area contributed by atoms with Gasteiger partial charge in [0.05, 0.1) is 0 Å². The Labute approximate surface area is 124 Å². The van der Waals surface area contributed by atoms with Gasteiger partial charge in [0.15, 0.2) is 0 Å². The van der Waals surface area contributed by atoms with Crippen LogP contribution in [0.5, 0.6) is 0 Å². The van der Waals surface area contributed by atoms with E-state index in [0.717, 1.165) is 5.56 Å². The van der Waals surface area contributed by atoms with Gasteiger partial charge in [-0.25, -0.2) is 0 Å². The molecule has 1 atom stereocenters. The van der Waals surface area contributed by atoms with Crippen molar-refractivity contribution in [3.63, 3.8) is 0 Å². The van der Waals surface area contributed by atoms with E-state index in [-0.39, 0.29) is 0 Å². The summed E-state index contributed by atoms with van der Waals surface area (Å²) in [6, 6.07) is 24.0. The van der Waals surface area contributed by atoms with Crippen LogP contribution in [0, 0.1) is 11.8 Å². The Morgan fingerprint density at radius 1 is 0.810 bits per heavy atom. The maximum atomic E-state index is 10.0. The van der Waals surface area contributed by atoms with Gasteiger partial charge in [0.25, 0.3) is 0 Å². The van der Waals surface area contributed by atoms with E-state index in [9.17, 15) is 5.11 Å². The first-order valence-corrected chi connectivity index (χ1v) is 7.02. The Kier molecular flexibility index (Phi) is 4.00. The van der Waals surface area contributed by atoms with Gasteiger partial charge in [-0.3, -0.25) is 0 Å². The summed E-state index contributed by atoms with van der Waals surface area (Å²) in [5.41, 5.74) is 2.03. The molecular weight excluding hydrogens is 256 g/mol. The van der Waals surface area contributed by atoms with Gasteiger partial charge in [-0.2, -0.15) is 0 Å². The first kappa shape index (κ1) is 13.4. The second kappa shape index (κ2) is 6.26. The quantitative estimate of drug-likeness (QED) is 0.696. The van der Waals surface area contributed by atoms with Gasteiger partial charge in [-0.15, -0.1) is 0 Å². The lowest BCUT2D eigenvalue weighted by atomic mass is 10.0. The molecule has 0 fully saturated rings. The molecular formula is C20H16O. The third-order valence-electron chi connectivity index (χ3n) is 3.51. The number of hydrogen-bond acceptors (Lipinski definition) is 1. The molecule has 1 heteroatoms. The summed E-state index contributed by atoms with van der Waals surface area (Å²) in [5.74, 6) is 6.01. The molecule has 102 valence electrons. The zero-order valence-corrected chi connectivity index (χ0v) is 11.7. The normalized spacial score (nSPS) is 11.7. The van der Waals surface area contributed by atoms with E-state index in [0.29, 0.717) is 6.42 Å². The zero-order valence-electron chi connectivity index (χ0n) is 11.7. The van der Waals surface area contributed by atoms with Crippen LogP contribution < -0.4 is 0 Å². The average molecular weight is 272 g/mol. The summed E-state index contributed by atoms with van der Waals surface area (Å²) in [5, 5.41) is 12.5. The highest BCUT2D eigenvalue weighted by atomic mass is 16.3. The fraction of sp³-hybridized carbons (Fsp3) is 0.100. The fourth-order valence-electron chi connectivity index (χ4n) is 2.41. The third-order valence-corrected chi connectivity index (χ3v) is 3.51. The molecule has 0 saturated carbocycles. The molecule has 0 bridgehead atoms. The highest BCUT2D eigenvalue weighted by molar-refractivity contribution is 5.85. The van der Waals surface area contributed by atoms with Crippen LogP contribution in [0.15, 0.2) is 72.8 Å². The van der Waals surface area contributed by atoms with Crippen LogP contribution in [0.25, 0.3) is 10.8 Å². The minimum absolute atomic E-state index is 0.644. The minimum Gasteiger partial charge on any atom is -0.376 e. The number of aliphatic hydroxyl groups is 1. The van der Waals surface area contributed by atoms with Crippen molar-refractivity contribution in [2.24, 2.45) is 0 Å². The van der Waals surface area contributed by atoms with Crippen LogP contribution in [0.4, 0.5) is 0 Å². The number of benzene rings is 3. The molecule has 0 aliphatic heterocycles. The lowest BCUT2D eigenvalue weighted by molar-refractivity contribution is 0.238. The van der Waals surface area contributed by atoms with Crippen LogP contribution in [-0.4, -0.2) is 5.11 Å². The predicted molar refractivity (Wildman–Crippen MR) is 86.8 cm³/mol. The minimum atomic E-state index is -0.721. The van der Waals surface area contributed by atoms with Crippen molar-refractivity contribution in [1.82, 2.24) is 0 Å². The molecule has 1 nitrogen and oxygen atoms in total. The molecule has 0 aliphatic rings. The molecule has 0 amide bonds. The second-order valence-electron chi connectivity index (χ2n) is 4.95. The van der Waals surface area contributed by atoms with Gasteiger partial charge in [0, 0.05) is 6.42 Å². The third kappa shape index (κ3) is 3.13. The van der Waals surface area contributed by atoms with Gasteiger partial charge >= 0.3 is 0 Å². The van der Waals surface area contributed by atoms with Crippen molar-refractivity contribution >= 4 is 10.8 Å². The van der Waals surface area contributed by atoms with E-state index >= 15 is 0 Å². The number of hydrogen-bond donors (Lipinski definition) is 1. The monoisotopic (exact) mass is 272 g/mol. The number of aliphatic hydroxyl groups excluding tert-OH is 1. The van der Waals surface area contributed by atoms with Crippen molar-refractivity contribution in [2.75, 3.05) is 0 Å². The Morgan fingerprint density at radius 2 is 1.52 bits per heavy atom. The number of fused-ring (bicyclic) bond motifs is 1. The average Bonchev–Trinajstić information content (AvgIpc) is 2.56. The summed E-state index contributed by atoms with van der Waals surface area (Å²) in [6.45, 7) is 0. The van der Waals surface area contributed by atoms with Crippen molar-refractivity contribution in [3.8, 4) is 11.8 Å². The van der Waals surface area contributed by atoms with Crippen LogP contribution in [-0.2, 0) is 6.42 Å². The molecule has 21 heavy (non-hydrogen) atoms. The van der Waals surface area contributed by atoms with Gasteiger partial charge in [-0.05, 0) is 21.9 Å². The van der Waals surface area contributed by atoms with Gasteiger partial charge < -0.3 is 5.11 Å². The molecule has 3 rings (SSSR count). The lowest BCUT2D eigenvalue weighted by Gasteiger charge is -2.04. The molecule has 0 radical (unpaired) electrons. The van der Waals surface area contributed by atoms with Crippen LogP contribution in [0.2, 0.25) is 0 Å². The second-order valence-corrected chi connectivity index (χ2v) is 4.95. The maximum Gasteiger partial charge on any atom is 0.140 e. The fourth-order valence-corrected chi connectivity index (χ4v) is 2.41. The number of rotatable bonds is 2. The summed E-state index contributed by atoms with van der Waals surface area (Å²) < 4.78 is 0. The smallest absolute Gasteiger partial charge is 0.140 e. The van der Waals surface area contributed by atoms with E-state index in [2.05, 4.69) is 36.1 Å². The van der Waals surface area contributed by atoms with Crippen LogP contribution in [0.3, 0.4) is 0 Å². The SMILES string of the molecule is OC(C#CCc1cccc2ccccc12)c1ccccc1. The first-order chi connectivity index (χ1) is 10.3. The van der Waals surface area contributed by atoms with Crippen molar-refractivity contribution < 1.29 is 5.11 Å². The molecule has 0 spiro atoms. The van der Waals surface area contributed by atoms with E-state index in [1.807, 2.05) is 48.5 Å². The summed E-state index contributed by atoms with van der Waals surface area (Å²) in [6.07, 6.45) is -0.0770. The molecule has 3 aromatic carbocycles.